The molecule has 0 radical (unpaired) electrons. The van der Waals surface area contributed by atoms with Gasteiger partial charge in [0.25, 0.3) is 5.91 Å². The second-order valence-electron chi connectivity index (χ2n) is 5.97. The summed E-state index contributed by atoms with van der Waals surface area (Å²) < 4.78 is 11.6. The van der Waals surface area contributed by atoms with Gasteiger partial charge in [-0.2, -0.15) is 0 Å². The number of aliphatic hydroxyl groups is 1. The first kappa shape index (κ1) is 20.3. The third-order valence-corrected chi connectivity index (χ3v) is 4.49. The Labute approximate surface area is 159 Å². The topological polar surface area (TPSA) is 67.8 Å². The molecule has 1 aromatic rings. The summed E-state index contributed by atoms with van der Waals surface area (Å²) in [7, 11) is 0. The number of halogens is 1. The number of hydrogen-bond donors (Lipinski definition) is 2. The van der Waals surface area contributed by atoms with Crippen LogP contribution in [0.5, 0.6) is 0 Å². The second kappa shape index (κ2) is 10.2. The molecule has 26 heavy (non-hydrogen) atoms. The quantitative estimate of drug-likeness (QED) is 0.683. The summed E-state index contributed by atoms with van der Waals surface area (Å²) in [6.45, 7) is 2.54. The number of allylic oxidation sites excluding steroid dienone is 1. The molecule has 0 aromatic heterocycles. The molecule has 1 aliphatic rings. The molecule has 2 N–H and O–H groups in total. The van der Waals surface area contributed by atoms with Crippen LogP contribution in [0.1, 0.15) is 31.2 Å². The smallest absolute Gasteiger partial charge is 0.286 e. The highest BCUT2D eigenvalue weighted by molar-refractivity contribution is 6.30. The lowest BCUT2D eigenvalue weighted by molar-refractivity contribution is -0.166. The first-order valence-electron chi connectivity index (χ1n) is 8.68. The number of hydrogen-bond acceptors (Lipinski definition) is 4. The van der Waals surface area contributed by atoms with Gasteiger partial charge in [-0.05, 0) is 43.5 Å². The lowest BCUT2D eigenvalue weighted by Crippen LogP contribution is -2.39. The van der Waals surface area contributed by atoms with Gasteiger partial charge in [-0.25, -0.2) is 0 Å². The van der Waals surface area contributed by atoms with Gasteiger partial charge in [0.05, 0.1) is 6.54 Å². The second-order valence-corrected chi connectivity index (χ2v) is 6.40. The summed E-state index contributed by atoms with van der Waals surface area (Å²) in [6.07, 6.45) is 7.74. The van der Waals surface area contributed by atoms with Crippen molar-refractivity contribution in [3.63, 3.8) is 0 Å². The zero-order valence-electron chi connectivity index (χ0n) is 14.8. The first-order valence-corrected chi connectivity index (χ1v) is 9.06. The van der Waals surface area contributed by atoms with Crippen LogP contribution in [0.4, 0.5) is 0 Å². The molecule has 0 spiro atoms. The van der Waals surface area contributed by atoms with E-state index in [4.69, 9.17) is 27.5 Å². The Morgan fingerprint density at radius 3 is 2.77 bits per heavy atom. The number of benzene rings is 1. The molecule has 0 fully saturated rings. The van der Waals surface area contributed by atoms with Crippen molar-refractivity contribution in [2.24, 2.45) is 5.92 Å². The minimum absolute atomic E-state index is 0.0348. The van der Waals surface area contributed by atoms with Crippen molar-refractivity contribution >= 4 is 17.5 Å². The van der Waals surface area contributed by atoms with E-state index in [-0.39, 0.29) is 36.7 Å². The van der Waals surface area contributed by atoms with Crippen LogP contribution >= 0.6 is 11.6 Å². The fourth-order valence-electron chi connectivity index (χ4n) is 3.05. The SMILES string of the molecule is C#CCNC(=O)C1=C[C@H](c2ccc(Cl)cc2)[C@H](CCCO)[C@H](OCC)O1. The van der Waals surface area contributed by atoms with Crippen LogP contribution in [0.15, 0.2) is 36.1 Å². The Bertz CT molecular complexity index is 665. The molecule has 0 unspecified atom stereocenters. The number of terminal acetylenes is 1. The molecule has 1 amide bonds. The van der Waals surface area contributed by atoms with Crippen molar-refractivity contribution in [2.45, 2.75) is 32.0 Å². The molecule has 5 nitrogen and oxygen atoms in total. The standard InChI is InChI=1S/C20H24ClNO4/c1-3-11-22-19(24)18-13-17(14-7-9-15(21)10-8-14)16(6-5-12-23)20(26-18)25-4-2/h1,7-10,13,16-17,20,23H,4-6,11-12H2,2H3,(H,22,24)/t16-,17+,20+/m0/s1. The third-order valence-electron chi connectivity index (χ3n) is 4.24. The van der Waals surface area contributed by atoms with Gasteiger partial charge in [-0.15, -0.1) is 6.42 Å². The molecule has 1 heterocycles. The molecule has 2 rings (SSSR count). The van der Waals surface area contributed by atoms with E-state index in [1.165, 1.54) is 0 Å². The van der Waals surface area contributed by atoms with Crippen LogP contribution in [0.3, 0.4) is 0 Å². The minimum atomic E-state index is -0.580. The number of carbonyl (C=O) groups is 1. The highest BCUT2D eigenvalue weighted by Crippen LogP contribution is 2.39. The van der Waals surface area contributed by atoms with Crippen molar-refractivity contribution in [1.29, 1.82) is 0 Å². The number of nitrogens with one attached hydrogen (secondary N) is 1. The van der Waals surface area contributed by atoms with Crippen LogP contribution in [0.2, 0.25) is 5.02 Å². The van der Waals surface area contributed by atoms with E-state index in [0.717, 1.165) is 5.56 Å². The highest BCUT2D eigenvalue weighted by Gasteiger charge is 2.37. The van der Waals surface area contributed by atoms with E-state index in [0.29, 0.717) is 24.5 Å². The zero-order valence-corrected chi connectivity index (χ0v) is 15.5. The lowest BCUT2D eigenvalue weighted by atomic mass is 9.80. The van der Waals surface area contributed by atoms with E-state index in [2.05, 4.69) is 11.2 Å². The van der Waals surface area contributed by atoms with E-state index in [9.17, 15) is 9.90 Å². The highest BCUT2D eigenvalue weighted by atomic mass is 35.5. The number of aliphatic hydroxyl groups excluding tert-OH is 1. The third kappa shape index (κ3) is 5.25. The fraction of sp³-hybridized carbons (Fsp3) is 0.450. The largest absolute Gasteiger partial charge is 0.459 e. The Balaban J connectivity index is 2.37. The molecule has 140 valence electrons. The molecule has 0 bridgehead atoms. The molecule has 6 heteroatoms. The van der Waals surface area contributed by atoms with Crippen LogP contribution in [0.25, 0.3) is 0 Å². The minimum Gasteiger partial charge on any atom is -0.459 e. The van der Waals surface area contributed by atoms with Gasteiger partial charge >= 0.3 is 0 Å². The maximum absolute atomic E-state index is 12.3. The van der Waals surface area contributed by atoms with E-state index >= 15 is 0 Å². The maximum atomic E-state index is 12.3. The molecule has 0 saturated heterocycles. The van der Waals surface area contributed by atoms with Crippen molar-refractivity contribution < 1.29 is 19.4 Å². The number of ether oxygens (including phenoxy) is 2. The summed E-state index contributed by atoms with van der Waals surface area (Å²) in [5.41, 5.74) is 1.01. The van der Waals surface area contributed by atoms with E-state index < -0.39 is 6.29 Å². The number of carbonyl (C=O) groups excluding carboxylic acids is 1. The fourth-order valence-corrected chi connectivity index (χ4v) is 3.17. The zero-order chi connectivity index (χ0) is 18.9. The van der Waals surface area contributed by atoms with Gasteiger partial charge in [0.15, 0.2) is 5.76 Å². The summed E-state index contributed by atoms with van der Waals surface area (Å²) >= 11 is 6.00. The summed E-state index contributed by atoms with van der Waals surface area (Å²) in [5.74, 6) is 2.06. The van der Waals surface area contributed by atoms with Gasteiger partial charge in [-0.1, -0.05) is 29.7 Å². The van der Waals surface area contributed by atoms with Crippen molar-refractivity contribution in [3.8, 4) is 12.3 Å². The first-order chi connectivity index (χ1) is 12.6. The van der Waals surface area contributed by atoms with Gasteiger partial charge < -0.3 is 19.9 Å². The van der Waals surface area contributed by atoms with Crippen LogP contribution in [-0.4, -0.2) is 37.1 Å². The molecule has 3 atom stereocenters. The maximum Gasteiger partial charge on any atom is 0.286 e. The summed E-state index contributed by atoms with van der Waals surface area (Å²) in [4.78, 5) is 12.3. The molecular formula is C20H24ClNO4. The molecule has 1 aliphatic heterocycles. The van der Waals surface area contributed by atoms with Crippen molar-refractivity contribution in [3.05, 3.63) is 46.7 Å². The Morgan fingerprint density at radius 2 is 2.15 bits per heavy atom. The van der Waals surface area contributed by atoms with Crippen LogP contribution in [0, 0.1) is 18.3 Å². The summed E-state index contributed by atoms with van der Waals surface area (Å²) in [6, 6.07) is 7.50. The molecule has 0 saturated carbocycles. The lowest BCUT2D eigenvalue weighted by Gasteiger charge is -2.37. The van der Waals surface area contributed by atoms with Gasteiger partial charge in [0.2, 0.25) is 6.29 Å². The van der Waals surface area contributed by atoms with Gasteiger partial charge in [-0.3, -0.25) is 4.79 Å². The van der Waals surface area contributed by atoms with Gasteiger partial charge in [0, 0.05) is 30.1 Å². The Kier molecular flexibility index (Phi) is 7.99. The van der Waals surface area contributed by atoms with Crippen LogP contribution in [-0.2, 0) is 14.3 Å². The predicted molar refractivity (Wildman–Crippen MR) is 100 cm³/mol. The van der Waals surface area contributed by atoms with Gasteiger partial charge in [0.1, 0.15) is 0 Å². The Morgan fingerprint density at radius 1 is 1.42 bits per heavy atom. The average Bonchev–Trinajstić information content (AvgIpc) is 2.65. The molecular weight excluding hydrogens is 354 g/mol. The normalized spacial score (nSPS) is 22.1. The van der Waals surface area contributed by atoms with E-state index in [1.807, 2.05) is 31.2 Å². The van der Waals surface area contributed by atoms with Crippen molar-refractivity contribution in [2.75, 3.05) is 19.8 Å². The van der Waals surface area contributed by atoms with Crippen molar-refractivity contribution in [1.82, 2.24) is 5.32 Å². The Hall–Kier alpha value is -2.00. The average molecular weight is 378 g/mol. The van der Waals surface area contributed by atoms with E-state index in [1.54, 1.807) is 6.08 Å². The number of amides is 1. The van der Waals surface area contributed by atoms with Crippen LogP contribution < -0.4 is 5.32 Å². The summed E-state index contributed by atoms with van der Waals surface area (Å²) in [5, 5.41) is 12.5. The predicted octanol–water partition coefficient (Wildman–Crippen LogP) is 2.84. The molecule has 1 aromatic carbocycles. The molecule has 0 aliphatic carbocycles. The number of rotatable bonds is 8. The monoisotopic (exact) mass is 377 g/mol.